The maximum Gasteiger partial charge on any atom is 0.416 e. The third-order valence-corrected chi connectivity index (χ3v) is 8.59. The van der Waals surface area contributed by atoms with Crippen LogP contribution in [0, 0.1) is 0 Å². The van der Waals surface area contributed by atoms with Gasteiger partial charge in [-0.3, -0.25) is 13.9 Å². The summed E-state index contributed by atoms with van der Waals surface area (Å²) in [4.78, 5) is 27.5. The quantitative estimate of drug-likeness (QED) is 0.314. The van der Waals surface area contributed by atoms with Gasteiger partial charge in [0.25, 0.3) is 10.0 Å². The number of nitrogens with one attached hydrogen (secondary N) is 1. The van der Waals surface area contributed by atoms with Crippen LogP contribution in [0.1, 0.15) is 24.5 Å². The number of sulfonamides is 1. The smallest absolute Gasteiger partial charge is 0.357 e. The zero-order chi connectivity index (χ0) is 29.7. The molecular weight excluding hydrogens is 590 g/mol. The summed E-state index contributed by atoms with van der Waals surface area (Å²) in [6.45, 7) is 0.485. The molecule has 0 unspecified atom stereocenters. The number of rotatable bonds is 10. The molecule has 0 saturated carbocycles. The molecule has 0 radical (unpaired) electrons. The molecule has 3 rings (SSSR count). The fraction of sp³-hybridized carbons (Fsp3) is 0.259. The van der Waals surface area contributed by atoms with Crippen molar-refractivity contribution in [3.63, 3.8) is 0 Å². The average molecular weight is 616 g/mol. The summed E-state index contributed by atoms with van der Waals surface area (Å²) in [6.07, 6.45) is -4.62. The fourth-order valence-electron chi connectivity index (χ4n) is 4.03. The van der Waals surface area contributed by atoms with Gasteiger partial charge < -0.3 is 10.2 Å². The van der Waals surface area contributed by atoms with E-state index in [2.05, 4.69) is 5.32 Å². The molecule has 40 heavy (non-hydrogen) atoms. The minimum Gasteiger partial charge on any atom is -0.357 e. The molecule has 7 nitrogen and oxygen atoms in total. The van der Waals surface area contributed by atoms with Gasteiger partial charge >= 0.3 is 6.18 Å². The predicted octanol–water partition coefficient (Wildman–Crippen LogP) is 5.76. The van der Waals surface area contributed by atoms with Crippen LogP contribution in [-0.4, -0.2) is 44.8 Å². The number of benzene rings is 3. The number of likely N-dealkylation sites (N-methyl/N-ethyl adjacent to an activating group) is 1. The molecule has 1 N–H and O–H groups in total. The molecule has 0 aliphatic carbocycles. The van der Waals surface area contributed by atoms with Crippen molar-refractivity contribution >= 4 is 50.7 Å². The standard InChI is InChI=1S/C27H26Cl2F3N3O4S/c1-3-24(26(37)33-2)34(16-21-22(28)13-8-14-23(21)29)25(36)17-35(40(38,39)20-11-5-4-6-12-20)19-10-7-9-18(15-19)27(30,31)32/h4-15,24H,3,16-17H2,1-2H3,(H,33,37)/t24-/m1/s1. The van der Waals surface area contributed by atoms with E-state index in [1.54, 1.807) is 31.2 Å². The van der Waals surface area contributed by atoms with Crippen molar-refractivity contribution in [3.05, 3.63) is 94.0 Å². The zero-order valence-corrected chi connectivity index (χ0v) is 23.8. The Balaban J connectivity index is 2.14. The highest BCUT2D eigenvalue weighted by molar-refractivity contribution is 7.92. The fourth-order valence-corrected chi connectivity index (χ4v) is 5.97. The molecule has 3 aromatic carbocycles. The lowest BCUT2D eigenvalue weighted by molar-refractivity contribution is -0.140. The maximum atomic E-state index is 13.9. The third kappa shape index (κ3) is 7.07. The molecule has 0 spiro atoms. The van der Waals surface area contributed by atoms with Gasteiger partial charge in [0.1, 0.15) is 12.6 Å². The summed E-state index contributed by atoms with van der Waals surface area (Å²) >= 11 is 12.6. The van der Waals surface area contributed by atoms with Crippen molar-refractivity contribution in [2.24, 2.45) is 0 Å². The van der Waals surface area contributed by atoms with Crippen molar-refractivity contribution in [1.29, 1.82) is 0 Å². The van der Waals surface area contributed by atoms with E-state index in [-0.39, 0.29) is 33.6 Å². The second kappa shape index (κ2) is 12.9. The largest absolute Gasteiger partial charge is 0.416 e. The number of hydrogen-bond donors (Lipinski definition) is 1. The Hall–Kier alpha value is -3.28. The van der Waals surface area contributed by atoms with Gasteiger partial charge in [-0.2, -0.15) is 13.2 Å². The van der Waals surface area contributed by atoms with Gasteiger partial charge in [-0.25, -0.2) is 8.42 Å². The Labute approximate surface area is 240 Å². The number of anilines is 1. The van der Waals surface area contributed by atoms with E-state index in [4.69, 9.17) is 23.2 Å². The zero-order valence-electron chi connectivity index (χ0n) is 21.5. The van der Waals surface area contributed by atoms with Crippen LogP contribution in [0.25, 0.3) is 0 Å². The molecule has 2 amide bonds. The van der Waals surface area contributed by atoms with E-state index in [0.717, 1.165) is 23.1 Å². The Bertz CT molecular complexity index is 1450. The first kappa shape index (κ1) is 31.3. The topological polar surface area (TPSA) is 86.8 Å². The molecule has 0 aliphatic rings. The van der Waals surface area contributed by atoms with Crippen molar-refractivity contribution in [1.82, 2.24) is 10.2 Å². The average Bonchev–Trinajstić information content (AvgIpc) is 2.92. The summed E-state index contributed by atoms with van der Waals surface area (Å²) in [5.41, 5.74) is -1.16. The van der Waals surface area contributed by atoms with Crippen LogP contribution in [0.4, 0.5) is 18.9 Å². The molecule has 0 saturated heterocycles. The molecule has 13 heteroatoms. The van der Waals surface area contributed by atoms with Crippen molar-refractivity contribution in [3.8, 4) is 0 Å². The van der Waals surface area contributed by atoms with E-state index in [1.807, 2.05) is 0 Å². The van der Waals surface area contributed by atoms with Crippen molar-refractivity contribution < 1.29 is 31.2 Å². The molecule has 0 bridgehead atoms. The maximum absolute atomic E-state index is 13.9. The first-order chi connectivity index (χ1) is 18.8. The van der Waals surface area contributed by atoms with Crippen molar-refractivity contribution in [2.45, 2.75) is 37.0 Å². The molecule has 0 heterocycles. The molecule has 0 aromatic heterocycles. The SMILES string of the molecule is CC[C@H](C(=O)NC)N(Cc1c(Cl)cccc1Cl)C(=O)CN(c1cccc(C(F)(F)F)c1)S(=O)(=O)c1ccccc1. The van der Waals surface area contributed by atoms with Gasteiger partial charge in [0.2, 0.25) is 11.8 Å². The first-order valence-electron chi connectivity index (χ1n) is 12.0. The van der Waals surface area contributed by atoms with E-state index < -0.39 is 46.2 Å². The van der Waals surface area contributed by atoms with Gasteiger partial charge in [-0.05, 0) is 48.9 Å². The highest BCUT2D eigenvalue weighted by Crippen LogP contribution is 2.34. The van der Waals surface area contributed by atoms with Gasteiger partial charge in [0.05, 0.1) is 16.1 Å². The predicted molar refractivity (Wildman–Crippen MR) is 148 cm³/mol. The second-order valence-electron chi connectivity index (χ2n) is 8.63. The van der Waals surface area contributed by atoms with Crippen molar-refractivity contribution in [2.75, 3.05) is 17.9 Å². The van der Waals surface area contributed by atoms with Crippen LogP contribution in [0.3, 0.4) is 0 Å². The summed E-state index contributed by atoms with van der Waals surface area (Å²) in [5.74, 6) is -1.39. The number of amides is 2. The number of nitrogens with zero attached hydrogens (tertiary/aromatic N) is 2. The van der Waals surface area contributed by atoms with E-state index in [1.165, 1.54) is 31.3 Å². The lowest BCUT2D eigenvalue weighted by atomic mass is 10.1. The Kier molecular flexibility index (Phi) is 10.1. The van der Waals surface area contributed by atoms with Gasteiger partial charge in [-0.15, -0.1) is 0 Å². The molecule has 0 aliphatic heterocycles. The molecule has 0 fully saturated rings. The van der Waals surface area contributed by atoms with E-state index in [9.17, 15) is 31.2 Å². The number of halogens is 5. The van der Waals surface area contributed by atoms with E-state index >= 15 is 0 Å². The number of hydrogen-bond acceptors (Lipinski definition) is 4. The minimum absolute atomic E-state index is 0.141. The Morgan fingerprint density at radius 3 is 2.10 bits per heavy atom. The highest BCUT2D eigenvalue weighted by atomic mass is 35.5. The Morgan fingerprint density at radius 2 is 1.55 bits per heavy atom. The van der Waals surface area contributed by atoms with Crippen LogP contribution in [0.15, 0.2) is 77.7 Å². The number of alkyl halides is 3. The second-order valence-corrected chi connectivity index (χ2v) is 11.3. The summed E-state index contributed by atoms with van der Waals surface area (Å²) in [5, 5.41) is 2.90. The molecular formula is C27H26Cl2F3N3O4S. The molecule has 1 atom stereocenters. The minimum atomic E-state index is -4.76. The van der Waals surface area contributed by atoms with Crippen LogP contribution in [-0.2, 0) is 32.3 Å². The first-order valence-corrected chi connectivity index (χ1v) is 14.2. The normalized spacial score (nSPS) is 12.5. The lowest BCUT2D eigenvalue weighted by Crippen LogP contribution is -2.51. The van der Waals surface area contributed by atoms with Gasteiger partial charge in [0.15, 0.2) is 0 Å². The summed E-state index contributed by atoms with van der Waals surface area (Å²) < 4.78 is 68.6. The number of carbonyl (C=O) groups is 2. The van der Waals surface area contributed by atoms with Crippen LogP contribution in [0.2, 0.25) is 10.0 Å². The monoisotopic (exact) mass is 615 g/mol. The van der Waals surface area contributed by atoms with Crippen LogP contribution >= 0.6 is 23.2 Å². The highest BCUT2D eigenvalue weighted by Gasteiger charge is 2.36. The molecule has 3 aromatic rings. The molecule has 214 valence electrons. The number of carbonyl (C=O) groups excluding carboxylic acids is 2. The Morgan fingerprint density at radius 1 is 0.950 bits per heavy atom. The lowest BCUT2D eigenvalue weighted by Gasteiger charge is -2.33. The van der Waals surface area contributed by atoms with E-state index in [0.29, 0.717) is 15.9 Å². The van der Waals surface area contributed by atoms with Gasteiger partial charge in [-0.1, -0.05) is 60.5 Å². The summed E-state index contributed by atoms with van der Waals surface area (Å²) in [7, 11) is -3.15. The van der Waals surface area contributed by atoms with Crippen LogP contribution in [0.5, 0.6) is 0 Å². The summed E-state index contributed by atoms with van der Waals surface area (Å²) in [6, 6.07) is 14.3. The van der Waals surface area contributed by atoms with Crippen LogP contribution < -0.4 is 9.62 Å². The van der Waals surface area contributed by atoms with Gasteiger partial charge in [0, 0.05) is 29.2 Å². The third-order valence-electron chi connectivity index (χ3n) is 6.09.